The topological polar surface area (TPSA) is 17.1 Å². The number of Topliss-reactive ketones (excluding diaryl/α,β-unsaturated/α-hetero) is 1. The molecule has 0 atom stereocenters. The van der Waals surface area contributed by atoms with Crippen LogP contribution in [0.3, 0.4) is 0 Å². The van der Waals surface area contributed by atoms with Gasteiger partial charge in [-0.15, -0.1) is 0 Å². The van der Waals surface area contributed by atoms with E-state index in [1.54, 1.807) is 0 Å². The van der Waals surface area contributed by atoms with Gasteiger partial charge in [-0.2, -0.15) is 0 Å². The molecular formula is C10H10BrIO. The van der Waals surface area contributed by atoms with E-state index in [0.29, 0.717) is 6.42 Å². The highest BCUT2D eigenvalue weighted by atomic mass is 127. The standard InChI is InChI=1S/C10H10BrIO/c1-7-2-3-9(12)8(6-7)10(13)4-5-11/h2-3,6H,4-5H2,1H3. The molecule has 0 fully saturated rings. The van der Waals surface area contributed by atoms with E-state index in [-0.39, 0.29) is 5.78 Å². The maximum absolute atomic E-state index is 11.6. The third kappa shape index (κ3) is 3.06. The van der Waals surface area contributed by atoms with Crippen molar-refractivity contribution in [1.82, 2.24) is 0 Å². The summed E-state index contributed by atoms with van der Waals surface area (Å²) in [7, 11) is 0. The lowest BCUT2D eigenvalue weighted by Crippen LogP contribution is -2.02. The van der Waals surface area contributed by atoms with Crippen molar-refractivity contribution in [3.8, 4) is 0 Å². The first kappa shape index (κ1) is 11.2. The van der Waals surface area contributed by atoms with Gasteiger partial charge >= 0.3 is 0 Å². The Labute approximate surface area is 100 Å². The Bertz CT molecular complexity index is 323. The molecule has 1 aromatic carbocycles. The number of carbonyl (C=O) groups excluding carboxylic acids is 1. The predicted molar refractivity (Wildman–Crippen MR) is 66.6 cm³/mol. The quantitative estimate of drug-likeness (QED) is 0.461. The summed E-state index contributed by atoms with van der Waals surface area (Å²) in [6.07, 6.45) is 0.569. The van der Waals surface area contributed by atoms with Gasteiger partial charge in [0, 0.05) is 20.9 Å². The Morgan fingerprint density at radius 1 is 1.54 bits per heavy atom. The third-order valence-electron chi connectivity index (χ3n) is 1.74. The minimum atomic E-state index is 0.213. The maximum atomic E-state index is 11.6. The van der Waals surface area contributed by atoms with Crippen LogP contribution in [0.25, 0.3) is 0 Å². The molecular weight excluding hydrogens is 343 g/mol. The van der Waals surface area contributed by atoms with Crippen LogP contribution < -0.4 is 0 Å². The van der Waals surface area contributed by atoms with Crippen LogP contribution in [0.1, 0.15) is 22.3 Å². The number of alkyl halides is 1. The summed E-state index contributed by atoms with van der Waals surface area (Å²) in [6.45, 7) is 2.00. The monoisotopic (exact) mass is 352 g/mol. The number of benzene rings is 1. The Morgan fingerprint density at radius 2 is 2.23 bits per heavy atom. The zero-order chi connectivity index (χ0) is 9.84. The lowest BCUT2D eigenvalue weighted by Gasteiger charge is -2.03. The van der Waals surface area contributed by atoms with Gasteiger partial charge in [-0.05, 0) is 41.6 Å². The highest BCUT2D eigenvalue weighted by molar-refractivity contribution is 14.1. The molecule has 0 bridgehead atoms. The second-order valence-electron chi connectivity index (χ2n) is 2.85. The van der Waals surface area contributed by atoms with Gasteiger partial charge < -0.3 is 0 Å². The molecule has 1 aromatic rings. The second-order valence-corrected chi connectivity index (χ2v) is 4.80. The summed E-state index contributed by atoms with van der Waals surface area (Å²) in [4.78, 5) is 11.6. The highest BCUT2D eigenvalue weighted by Crippen LogP contribution is 2.16. The van der Waals surface area contributed by atoms with Crippen molar-refractivity contribution in [2.24, 2.45) is 0 Å². The molecule has 0 aliphatic carbocycles. The van der Waals surface area contributed by atoms with E-state index in [9.17, 15) is 4.79 Å². The number of rotatable bonds is 3. The Kier molecular flexibility index (Phi) is 4.38. The lowest BCUT2D eigenvalue weighted by molar-refractivity contribution is 0.0989. The summed E-state index contributed by atoms with van der Waals surface area (Å²) < 4.78 is 1.04. The fraction of sp³-hybridized carbons (Fsp3) is 0.300. The maximum Gasteiger partial charge on any atom is 0.164 e. The number of aryl methyl sites for hydroxylation is 1. The molecule has 13 heavy (non-hydrogen) atoms. The van der Waals surface area contributed by atoms with Crippen molar-refractivity contribution < 1.29 is 4.79 Å². The van der Waals surface area contributed by atoms with Crippen LogP contribution in [0, 0.1) is 10.5 Å². The number of hydrogen-bond acceptors (Lipinski definition) is 1. The molecule has 1 rings (SSSR count). The van der Waals surface area contributed by atoms with Gasteiger partial charge in [0.1, 0.15) is 0 Å². The van der Waals surface area contributed by atoms with Gasteiger partial charge in [-0.25, -0.2) is 0 Å². The van der Waals surface area contributed by atoms with E-state index >= 15 is 0 Å². The fourth-order valence-electron chi connectivity index (χ4n) is 1.07. The van der Waals surface area contributed by atoms with Crippen molar-refractivity contribution in [3.05, 3.63) is 32.9 Å². The Balaban J connectivity index is 2.99. The fourth-order valence-corrected chi connectivity index (χ4v) is 2.07. The normalized spacial score (nSPS) is 10.1. The van der Waals surface area contributed by atoms with Gasteiger partial charge in [0.15, 0.2) is 5.78 Å². The Morgan fingerprint density at radius 3 is 2.85 bits per heavy atom. The average Bonchev–Trinajstić information content (AvgIpc) is 2.09. The van der Waals surface area contributed by atoms with Crippen molar-refractivity contribution in [1.29, 1.82) is 0 Å². The number of hydrogen-bond donors (Lipinski definition) is 0. The molecule has 70 valence electrons. The van der Waals surface area contributed by atoms with Gasteiger partial charge in [-0.3, -0.25) is 4.79 Å². The predicted octanol–water partition coefficient (Wildman–Crippen LogP) is 3.57. The summed E-state index contributed by atoms with van der Waals surface area (Å²) in [5.74, 6) is 0.213. The molecule has 0 aromatic heterocycles. The number of carbonyl (C=O) groups is 1. The van der Waals surface area contributed by atoms with Crippen LogP contribution in [0.5, 0.6) is 0 Å². The lowest BCUT2D eigenvalue weighted by atomic mass is 10.1. The first-order valence-electron chi connectivity index (χ1n) is 4.00. The zero-order valence-electron chi connectivity index (χ0n) is 7.31. The van der Waals surface area contributed by atoms with Crippen LogP contribution in [0.4, 0.5) is 0 Å². The SMILES string of the molecule is Cc1ccc(I)c(C(=O)CCBr)c1. The van der Waals surface area contributed by atoms with Gasteiger partial charge in [-0.1, -0.05) is 27.6 Å². The van der Waals surface area contributed by atoms with Crippen LogP contribution in [0.15, 0.2) is 18.2 Å². The van der Waals surface area contributed by atoms with Gasteiger partial charge in [0.05, 0.1) is 0 Å². The van der Waals surface area contributed by atoms with Crippen LogP contribution in [-0.4, -0.2) is 11.1 Å². The molecule has 0 heterocycles. The summed E-state index contributed by atoms with van der Waals surface area (Å²) in [6, 6.07) is 5.96. The van der Waals surface area contributed by atoms with Gasteiger partial charge in [0.25, 0.3) is 0 Å². The van der Waals surface area contributed by atoms with Crippen LogP contribution in [-0.2, 0) is 0 Å². The molecule has 0 unspecified atom stereocenters. The summed E-state index contributed by atoms with van der Waals surface area (Å²) in [5.41, 5.74) is 1.98. The van der Waals surface area contributed by atoms with E-state index in [2.05, 4.69) is 38.5 Å². The van der Waals surface area contributed by atoms with Crippen molar-refractivity contribution in [3.63, 3.8) is 0 Å². The number of halogens is 2. The molecule has 0 spiro atoms. The Hall–Kier alpha value is 0.1000. The van der Waals surface area contributed by atoms with E-state index in [0.717, 1.165) is 20.0 Å². The van der Waals surface area contributed by atoms with E-state index in [4.69, 9.17) is 0 Å². The largest absolute Gasteiger partial charge is 0.294 e. The smallest absolute Gasteiger partial charge is 0.164 e. The second kappa shape index (κ2) is 5.10. The molecule has 3 heteroatoms. The van der Waals surface area contributed by atoms with E-state index in [1.165, 1.54) is 0 Å². The molecule has 0 N–H and O–H groups in total. The summed E-state index contributed by atoms with van der Waals surface area (Å²) in [5, 5.41) is 0.732. The molecule has 0 saturated heterocycles. The molecule has 1 nitrogen and oxygen atoms in total. The molecule has 0 aliphatic heterocycles. The first-order chi connectivity index (χ1) is 6.15. The van der Waals surface area contributed by atoms with Crippen LogP contribution >= 0.6 is 38.5 Å². The minimum Gasteiger partial charge on any atom is -0.294 e. The first-order valence-corrected chi connectivity index (χ1v) is 6.20. The van der Waals surface area contributed by atoms with Crippen molar-refractivity contribution >= 4 is 44.3 Å². The van der Waals surface area contributed by atoms with Crippen LogP contribution in [0.2, 0.25) is 0 Å². The third-order valence-corrected chi connectivity index (χ3v) is 3.08. The molecule has 0 amide bonds. The number of ketones is 1. The molecule has 0 aliphatic rings. The molecule has 0 radical (unpaired) electrons. The summed E-state index contributed by atoms with van der Waals surface area (Å²) >= 11 is 5.46. The van der Waals surface area contributed by atoms with Crippen molar-refractivity contribution in [2.75, 3.05) is 5.33 Å². The van der Waals surface area contributed by atoms with E-state index < -0.39 is 0 Å². The highest BCUT2D eigenvalue weighted by Gasteiger charge is 2.08. The van der Waals surface area contributed by atoms with Gasteiger partial charge in [0.2, 0.25) is 0 Å². The molecule has 0 saturated carbocycles. The zero-order valence-corrected chi connectivity index (χ0v) is 11.1. The van der Waals surface area contributed by atoms with E-state index in [1.807, 2.05) is 25.1 Å². The minimum absolute atomic E-state index is 0.213. The van der Waals surface area contributed by atoms with Crippen molar-refractivity contribution in [2.45, 2.75) is 13.3 Å². The average molecular weight is 353 g/mol.